The minimum atomic E-state index is -3.67. The number of hydrogen-bond acceptors (Lipinski definition) is 4. The normalized spacial score (nSPS) is 19.0. The third kappa shape index (κ3) is 5.38. The summed E-state index contributed by atoms with van der Waals surface area (Å²) in [7, 11) is -3.67. The van der Waals surface area contributed by atoms with Gasteiger partial charge in [0, 0.05) is 24.3 Å². The van der Waals surface area contributed by atoms with Gasteiger partial charge in [0.2, 0.25) is 10.0 Å². The summed E-state index contributed by atoms with van der Waals surface area (Å²) in [5, 5.41) is 0. The molecule has 1 saturated heterocycles. The van der Waals surface area contributed by atoms with Crippen molar-refractivity contribution < 1.29 is 17.9 Å². The van der Waals surface area contributed by atoms with Crippen LogP contribution < -0.4 is 4.90 Å². The molecule has 178 valence electrons. The fourth-order valence-electron chi connectivity index (χ4n) is 4.24. The van der Waals surface area contributed by atoms with Gasteiger partial charge in [-0.3, -0.25) is 4.79 Å². The fourth-order valence-corrected chi connectivity index (χ4v) is 5.83. The number of ether oxygens (including phenoxy) is 1. The molecule has 0 bridgehead atoms. The van der Waals surface area contributed by atoms with Crippen molar-refractivity contribution in [2.45, 2.75) is 44.4 Å². The molecule has 0 N–H and O–H groups in total. The van der Waals surface area contributed by atoms with Crippen LogP contribution in [-0.4, -0.2) is 43.9 Å². The Morgan fingerprint density at radius 2 is 1.59 bits per heavy atom. The average molecular weight is 479 g/mol. The molecule has 34 heavy (non-hydrogen) atoms. The van der Waals surface area contributed by atoms with Gasteiger partial charge in [-0.15, -0.1) is 0 Å². The number of benzene rings is 3. The van der Waals surface area contributed by atoms with Gasteiger partial charge in [0.1, 0.15) is 0 Å². The quantitative estimate of drug-likeness (QED) is 0.518. The lowest BCUT2D eigenvalue weighted by Gasteiger charge is -2.34. The van der Waals surface area contributed by atoms with E-state index < -0.39 is 10.0 Å². The zero-order valence-corrected chi connectivity index (χ0v) is 20.5. The van der Waals surface area contributed by atoms with E-state index in [1.54, 1.807) is 17.0 Å². The predicted octanol–water partition coefficient (Wildman–Crippen LogP) is 4.64. The van der Waals surface area contributed by atoms with E-state index in [2.05, 4.69) is 0 Å². The van der Waals surface area contributed by atoms with Crippen LogP contribution in [0, 0.1) is 6.92 Å². The number of nitrogens with zero attached hydrogens (tertiary/aromatic N) is 2. The lowest BCUT2D eigenvalue weighted by Crippen LogP contribution is -2.48. The summed E-state index contributed by atoms with van der Waals surface area (Å²) in [6, 6.07) is 23.8. The highest BCUT2D eigenvalue weighted by atomic mass is 32.2. The summed E-state index contributed by atoms with van der Waals surface area (Å²) in [6.07, 6.45) is -0.333. The second kappa shape index (κ2) is 10.1. The Hall–Kier alpha value is -3.00. The molecular weight excluding hydrogens is 448 g/mol. The Morgan fingerprint density at radius 3 is 2.21 bits per heavy atom. The van der Waals surface area contributed by atoms with Crippen LogP contribution >= 0.6 is 0 Å². The highest BCUT2D eigenvalue weighted by molar-refractivity contribution is 7.89. The number of aryl methyl sites for hydroxylation is 1. The Kier molecular flexibility index (Phi) is 7.16. The van der Waals surface area contributed by atoms with Gasteiger partial charge in [-0.25, -0.2) is 8.42 Å². The van der Waals surface area contributed by atoms with Gasteiger partial charge in [-0.1, -0.05) is 42.5 Å². The third-order valence-corrected chi connectivity index (χ3v) is 7.71. The highest BCUT2D eigenvalue weighted by Crippen LogP contribution is 2.24. The molecule has 2 atom stereocenters. The maximum Gasteiger partial charge on any atom is 0.258 e. The number of rotatable bonds is 6. The van der Waals surface area contributed by atoms with Crippen molar-refractivity contribution in [1.29, 1.82) is 0 Å². The third-order valence-electron chi connectivity index (χ3n) is 5.87. The van der Waals surface area contributed by atoms with Crippen LogP contribution in [0.4, 0.5) is 5.69 Å². The summed E-state index contributed by atoms with van der Waals surface area (Å²) in [5.41, 5.74) is 3.29. The second-order valence-corrected chi connectivity index (χ2v) is 10.8. The molecule has 0 aliphatic carbocycles. The summed E-state index contributed by atoms with van der Waals surface area (Å²) >= 11 is 0. The molecule has 0 aromatic heterocycles. The molecule has 0 unspecified atom stereocenters. The molecule has 1 aliphatic heterocycles. The van der Waals surface area contributed by atoms with E-state index in [9.17, 15) is 13.2 Å². The van der Waals surface area contributed by atoms with E-state index >= 15 is 0 Å². The first-order valence-corrected chi connectivity index (χ1v) is 12.9. The molecule has 1 aliphatic rings. The van der Waals surface area contributed by atoms with Crippen LogP contribution in [0.15, 0.2) is 83.8 Å². The predicted molar refractivity (Wildman–Crippen MR) is 133 cm³/mol. The first kappa shape index (κ1) is 24.1. The molecule has 6 nitrogen and oxygen atoms in total. The molecule has 0 spiro atoms. The van der Waals surface area contributed by atoms with Gasteiger partial charge in [0.15, 0.2) is 0 Å². The Labute approximate surface area is 201 Å². The van der Waals surface area contributed by atoms with Crippen LogP contribution in [0.1, 0.15) is 35.3 Å². The van der Waals surface area contributed by atoms with E-state index in [4.69, 9.17) is 4.74 Å². The zero-order valence-electron chi connectivity index (χ0n) is 19.7. The van der Waals surface area contributed by atoms with Crippen molar-refractivity contribution in [1.82, 2.24) is 4.31 Å². The standard InChI is InChI=1S/C27H30N2O4S/c1-20-8-7-11-25(16-20)29(19-23-9-5-4-6-10-23)27(30)24-12-14-26(15-13-24)34(31,32)28-17-21(2)33-22(3)18-28/h4-16,21-22H,17-19H2,1-3H3/t21-,22-/m1/s1. The molecule has 3 aromatic rings. The molecule has 4 rings (SSSR count). The van der Waals surface area contributed by atoms with Crippen molar-refractivity contribution in [3.8, 4) is 0 Å². The van der Waals surface area contributed by atoms with Crippen LogP contribution in [0.2, 0.25) is 0 Å². The van der Waals surface area contributed by atoms with Crippen LogP contribution in [-0.2, 0) is 21.3 Å². The lowest BCUT2D eigenvalue weighted by molar-refractivity contribution is -0.0440. The van der Waals surface area contributed by atoms with Gasteiger partial charge >= 0.3 is 0 Å². The van der Waals surface area contributed by atoms with Crippen molar-refractivity contribution >= 4 is 21.6 Å². The first-order valence-electron chi connectivity index (χ1n) is 11.4. The van der Waals surface area contributed by atoms with Gasteiger partial charge in [-0.2, -0.15) is 4.31 Å². The van der Waals surface area contributed by atoms with Gasteiger partial charge in [0.25, 0.3) is 5.91 Å². The largest absolute Gasteiger partial charge is 0.373 e. The van der Waals surface area contributed by atoms with Crippen molar-refractivity contribution in [3.63, 3.8) is 0 Å². The molecule has 1 amide bonds. The molecule has 3 aromatic carbocycles. The number of morpholine rings is 1. The minimum Gasteiger partial charge on any atom is -0.373 e. The summed E-state index contributed by atoms with van der Waals surface area (Å²) < 4.78 is 33.5. The number of anilines is 1. The molecule has 0 saturated carbocycles. The number of amides is 1. The maximum atomic E-state index is 13.6. The number of carbonyl (C=O) groups excluding carboxylic acids is 1. The van der Waals surface area contributed by atoms with Gasteiger partial charge in [-0.05, 0) is 68.3 Å². The van der Waals surface area contributed by atoms with Crippen LogP contribution in [0.3, 0.4) is 0 Å². The van der Waals surface area contributed by atoms with E-state index in [1.165, 1.54) is 16.4 Å². The average Bonchev–Trinajstić information content (AvgIpc) is 2.82. The Morgan fingerprint density at radius 1 is 0.941 bits per heavy atom. The van der Waals surface area contributed by atoms with Crippen molar-refractivity contribution in [2.24, 2.45) is 0 Å². The first-order chi connectivity index (χ1) is 16.2. The van der Waals surface area contributed by atoms with Crippen molar-refractivity contribution in [3.05, 3.63) is 95.6 Å². The highest BCUT2D eigenvalue weighted by Gasteiger charge is 2.32. The molecule has 1 heterocycles. The zero-order chi connectivity index (χ0) is 24.3. The lowest BCUT2D eigenvalue weighted by atomic mass is 10.1. The summed E-state index contributed by atoms with van der Waals surface area (Å²) in [4.78, 5) is 15.5. The second-order valence-electron chi connectivity index (χ2n) is 8.82. The smallest absolute Gasteiger partial charge is 0.258 e. The minimum absolute atomic E-state index is 0.166. The topological polar surface area (TPSA) is 66.9 Å². The molecule has 7 heteroatoms. The molecule has 0 radical (unpaired) electrons. The van der Waals surface area contributed by atoms with E-state index in [0.29, 0.717) is 25.2 Å². The number of hydrogen-bond donors (Lipinski definition) is 0. The summed E-state index contributed by atoms with van der Waals surface area (Å²) in [5.74, 6) is -0.188. The van der Waals surface area contributed by atoms with Gasteiger partial charge in [0.05, 0.1) is 23.6 Å². The van der Waals surface area contributed by atoms with E-state index in [0.717, 1.165) is 16.8 Å². The van der Waals surface area contributed by atoms with Crippen LogP contribution in [0.5, 0.6) is 0 Å². The fraction of sp³-hybridized carbons (Fsp3) is 0.296. The monoisotopic (exact) mass is 478 g/mol. The SMILES string of the molecule is Cc1cccc(N(Cc2ccccc2)C(=O)c2ccc(S(=O)(=O)N3C[C@@H](C)O[C@H](C)C3)cc2)c1. The molecular formula is C27H30N2O4S. The summed E-state index contributed by atoms with van der Waals surface area (Å²) in [6.45, 7) is 6.75. The Balaban J connectivity index is 1.61. The van der Waals surface area contributed by atoms with Crippen LogP contribution in [0.25, 0.3) is 0 Å². The number of sulfonamides is 1. The van der Waals surface area contributed by atoms with Crippen molar-refractivity contribution in [2.75, 3.05) is 18.0 Å². The molecule has 1 fully saturated rings. The van der Waals surface area contributed by atoms with E-state index in [-0.39, 0.29) is 23.0 Å². The maximum absolute atomic E-state index is 13.6. The number of carbonyl (C=O) groups is 1. The van der Waals surface area contributed by atoms with Gasteiger partial charge < -0.3 is 9.64 Å². The Bertz CT molecular complexity index is 1230. The van der Waals surface area contributed by atoms with E-state index in [1.807, 2.05) is 75.4 Å².